The Kier molecular flexibility index (Phi) is 6.32. The van der Waals surface area contributed by atoms with Gasteiger partial charge in [0.2, 0.25) is 15.9 Å². The molecule has 2 saturated heterocycles. The van der Waals surface area contributed by atoms with Crippen molar-refractivity contribution >= 4 is 15.9 Å². The van der Waals surface area contributed by atoms with Crippen LogP contribution < -0.4 is 5.32 Å². The fourth-order valence-corrected chi connectivity index (χ4v) is 5.21. The van der Waals surface area contributed by atoms with E-state index >= 15 is 0 Å². The molecule has 26 heavy (non-hydrogen) atoms. The highest BCUT2D eigenvalue weighted by molar-refractivity contribution is 7.88. The molecule has 6 nitrogen and oxygen atoms in total. The monoisotopic (exact) mass is 380 g/mol. The molecule has 1 aromatic carbocycles. The first-order valence-electron chi connectivity index (χ1n) is 9.37. The zero-order chi connectivity index (χ0) is 18.6. The lowest BCUT2D eigenvalue weighted by atomic mass is 9.97. The van der Waals surface area contributed by atoms with Crippen LogP contribution in [0.3, 0.4) is 0 Å². The number of aryl methyl sites for hydroxylation is 1. The van der Waals surface area contributed by atoms with Gasteiger partial charge in [0.1, 0.15) is 0 Å². The third-order valence-electron chi connectivity index (χ3n) is 5.18. The van der Waals surface area contributed by atoms with Crippen molar-refractivity contribution < 1.29 is 17.9 Å². The van der Waals surface area contributed by atoms with E-state index < -0.39 is 10.0 Å². The van der Waals surface area contributed by atoms with Crippen LogP contribution in [0, 0.1) is 12.8 Å². The van der Waals surface area contributed by atoms with Crippen molar-refractivity contribution in [3.8, 4) is 0 Å². The minimum Gasteiger partial charge on any atom is -0.376 e. The average molecular weight is 381 g/mol. The quantitative estimate of drug-likeness (QED) is 0.817. The lowest BCUT2D eigenvalue weighted by Crippen LogP contribution is -2.44. The molecule has 2 aliphatic heterocycles. The van der Waals surface area contributed by atoms with Crippen LogP contribution in [0.1, 0.15) is 36.8 Å². The normalized spacial score (nSPS) is 22.4. The van der Waals surface area contributed by atoms with E-state index in [1.807, 2.05) is 31.2 Å². The Labute approximate surface area is 156 Å². The van der Waals surface area contributed by atoms with Crippen LogP contribution >= 0.6 is 0 Å². The lowest BCUT2D eigenvalue weighted by molar-refractivity contribution is -0.126. The van der Waals surface area contributed by atoms with Crippen LogP contribution in [-0.4, -0.2) is 51.0 Å². The molecular formula is C19H28N2O4S. The van der Waals surface area contributed by atoms with Crippen molar-refractivity contribution in [2.45, 2.75) is 44.5 Å². The van der Waals surface area contributed by atoms with Gasteiger partial charge in [0.15, 0.2) is 0 Å². The number of rotatable bonds is 6. The first-order valence-corrected chi connectivity index (χ1v) is 11.0. The first-order chi connectivity index (χ1) is 12.4. The van der Waals surface area contributed by atoms with Gasteiger partial charge in [-0.05, 0) is 38.2 Å². The molecule has 7 heteroatoms. The summed E-state index contributed by atoms with van der Waals surface area (Å²) in [5.74, 6) is -0.0667. The number of carbonyl (C=O) groups excluding carboxylic acids is 1. The highest BCUT2D eigenvalue weighted by atomic mass is 32.2. The maximum atomic E-state index is 12.7. The van der Waals surface area contributed by atoms with Crippen molar-refractivity contribution in [2.75, 3.05) is 26.2 Å². The predicted octanol–water partition coefficient (Wildman–Crippen LogP) is 1.83. The van der Waals surface area contributed by atoms with E-state index in [4.69, 9.17) is 4.74 Å². The number of hydrogen-bond donors (Lipinski definition) is 1. The van der Waals surface area contributed by atoms with Crippen molar-refractivity contribution in [1.29, 1.82) is 0 Å². The van der Waals surface area contributed by atoms with Crippen LogP contribution in [0.15, 0.2) is 24.3 Å². The number of nitrogens with zero attached hydrogens (tertiary/aromatic N) is 1. The number of hydrogen-bond acceptors (Lipinski definition) is 4. The van der Waals surface area contributed by atoms with E-state index in [-0.39, 0.29) is 23.7 Å². The van der Waals surface area contributed by atoms with Crippen molar-refractivity contribution in [3.63, 3.8) is 0 Å². The number of sulfonamides is 1. The molecule has 0 bridgehead atoms. The summed E-state index contributed by atoms with van der Waals surface area (Å²) < 4.78 is 32.3. The van der Waals surface area contributed by atoms with E-state index in [1.54, 1.807) is 0 Å². The second kappa shape index (κ2) is 8.50. The molecule has 0 aliphatic carbocycles. The van der Waals surface area contributed by atoms with Crippen LogP contribution in [0.4, 0.5) is 0 Å². The van der Waals surface area contributed by atoms with E-state index in [0.717, 1.165) is 30.6 Å². The maximum absolute atomic E-state index is 12.7. The second-order valence-corrected chi connectivity index (χ2v) is 9.27. The summed E-state index contributed by atoms with van der Waals surface area (Å²) in [6.07, 6.45) is 3.33. The summed E-state index contributed by atoms with van der Waals surface area (Å²) >= 11 is 0. The molecule has 2 fully saturated rings. The molecule has 1 aromatic rings. The van der Waals surface area contributed by atoms with Gasteiger partial charge in [0, 0.05) is 32.2 Å². The van der Waals surface area contributed by atoms with Crippen LogP contribution in [0.5, 0.6) is 0 Å². The van der Waals surface area contributed by atoms with Gasteiger partial charge in [-0.15, -0.1) is 0 Å². The Morgan fingerprint density at radius 1 is 1.27 bits per heavy atom. The van der Waals surface area contributed by atoms with Gasteiger partial charge in [0.05, 0.1) is 11.9 Å². The standard InChI is InChI=1S/C19H28N2O4S/c1-15-4-2-5-16(12-15)14-26(23,24)21-9-7-17(8-10-21)19(22)20-13-18-6-3-11-25-18/h2,4-5,12,17-18H,3,6-11,13-14H2,1H3,(H,20,22)/t18-/m1/s1. The van der Waals surface area contributed by atoms with Crippen molar-refractivity contribution in [1.82, 2.24) is 9.62 Å². The van der Waals surface area contributed by atoms with Gasteiger partial charge in [-0.25, -0.2) is 12.7 Å². The van der Waals surface area contributed by atoms with E-state index in [1.165, 1.54) is 4.31 Å². The van der Waals surface area contributed by atoms with E-state index in [9.17, 15) is 13.2 Å². The lowest BCUT2D eigenvalue weighted by Gasteiger charge is -2.30. The Hall–Kier alpha value is -1.44. The van der Waals surface area contributed by atoms with Crippen LogP contribution in [-0.2, 0) is 25.3 Å². The fourth-order valence-electron chi connectivity index (χ4n) is 3.66. The molecule has 144 valence electrons. The van der Waals surface area contributed by atoms with Gasteiger partial charge < -0.3 is 10.1 Å². The molecule has 0 saturated carbocycles. The summed E-state index contributed by atoms with van der Waals surface area (Å²) in [5.41, 5.74) is 1.86. The van der Waals surface area contributed by atoms with Gasteiger partial charge in [-0.1, -0.05) is 29.8 Å². The summed E-state index contributed by atoms with van der Waals surface area (Å²) in [7, 11) is -3.35. The smallest absolute Gasteiger partial charge is 0.223 e. The maximum Gasteiger partial charge on any atom is 0.223 e. The molecule has 0 unspecified atom stereocenters. The van der Waals surface area contributed by atoms with E-state index in [2.05, 4.69) is 5.32 Å². The van der Waals surface area contributed by atoms with Crippen LogP contribution in [0.2, 0.25) is 0 Å². The molecule has 0 spiro atoms. The summed E-state index contributed by atoms with van der Waals surface area (Å²) in [4.78, 5) is 12.3. The first kappa shape index (κ1) is 19.3. The molecule has 0 radical (unpaired) electrons. The molecule has 1 atom stereocenters. The van der Waals surface area contributed by atoms with E-state index in [0.29, 0.717) is 32.5 Å². The minimum atomic E-state index is -3.35. The Morgan fingerprint density at radius 3 is 2.69 bits per heavy atom. The highest BCUT2D eigenvalue weighted by Crippen LogP contribution is 2.22. The largest absolute Gasteiger partial charge is 0.376 e. The third kappa shape index (κ3) is 5.05. The molecule has 2 heterocycles. The Bertz CT molecular complexity index is 721. The highest BCUT2D eigenvalue weighted by Gasteiger charge is 2.31. The number of benzene rings is 1. The molecule has 3 rings (SSSR count). The van der Waals surface area contributed by atoms with Gasteiger partial charge in [-0.2, -0.15) is 0 Å². The SMILES string of the molecule is Cc1cccc(CS(=O)(=O)N2CCC(C(=O)NC[C@H]3CCCO3)CC2)c1. The molecule has 2 aliphatic rings. The number of amides is 1. The topological polar surface area (TPSA) is 75.7 Å². The zero-order valence-electron chi connectivity index (χ0n) is 15.3. The van der Waals surface area contributed by atoms with Gasteiger partial charge in [-0.3, -0.25) is 4.79 Å². The fraction of sp³-hybridized carbons (Fsp3) is 0.632. The number of ether oxygens (including phenoxy) is 1. The molecule has 1 amide bonds. The molecule has 1 N–H and O–H groups in total. The van der Waals surface area contributed by atoms with Gasteiger partial charge >= 0.3 is 0 Å². The second-order valence-electron chi connectivity index (χ2n) is 7.30. The Morgan fingerprint density at radius 2 is 2.04 bits per heavy atom. The average Bonchev–Trinajstić information content (AvgIpc) is 3.13. The zero-order valence-corrected chi connectivity index (χ0v) is 16.1. The summed E-state index contributed by atoms with van der Waals surface area (Å²) in [5, 5.41) is 2.96. The Balaban J connectivity index is 1.48. The minimum absolute atomic E-state index is 0.0184. The van der Waals surface area contributed by atoms with Crippen LogP contribution in [0.25, 0.3) is 0 Å². The van der Waals surface area contributed by atoms with Crippen molar-refractivity contribution in [3.05, 3.63) is 35.4 Å². The van der Waals surface area contributed by atoms with Crippen molar-refractivity contribution in [2.24, 2.45) is 5.92 Å². The number of carbonyl (C=O) groups is 1. The summed E-state index contributed by atoms with van der Waals surface area (Å²) in [6.45, 7) is 4.11. The number of piperidine rings is 1. The molecule has 0 aromatic heterocycles. The number of nitrogens with one attached hydrogen (secondary N) is 1. The molecular weight excluding hydrogens is 352 g/mol. The van der Waals surface area contributed by atoms with Gasteiger partial charge in [0.25, 0.3) is 0 Å². The summed E-state index contributed by atoms with van der Waals surface area (Å²) in [6, 6.07) is 7.58. The third-order valence-corrected chi connectivity index (χ3v) is 7.03. The predicted molar refractivity (Wildman–Crippen MR) is 100 cm³/mol.